The van der Waals surface area contributed by atoms with Gasteiger partial charge in [-0.3, -0.25) is 0 Å². The zero-order valence-corrected chi connectivity index (χ0v) is 33.4. The number of para-hydroxylation sites is 2. The minimum absolute atomic E-state index is 0.136. The molecule has 3 heterocycles. The molecule has 0 amide bonds. The molecule has 0 radical (unpaired) electrons. The van der Waals surface area contributed by atoms with E-state index >= 15 is 0 Å². The van der Waals surface area contributed by atoms with Gasteiger partial charge < -0.3 is 8.83 Å². The second-order valence-electron chi connectivity index (χ2n) is 15.5. The van der Waals surface area contributed by atoms with E-state index in [1.807, 2.05) is 98.8 Å². The van der Waals surface area contributed by atoms with Gasteiger partial charge in [0.2, 0.25) is 0 Å². The van der Waals surface area contributed by atoms with Gasteiger partial charge in [-0.25, -0.2) is 15.0 Å². The standard InChI is InChI=1S/C29H21N3O2.C23H24/c1-3-4-13-25-22(19-10-5-7-14-23(19)33-25)17-27-30-18(2)31-29(32-27)21-12-9-16-26-28(21)20-11-6-8-15-24(20)34-26;1-15-9-5-6-10-17(15)19-14-20-18-11-7-8-12-21(18)23(3,4)22(20)13-16(19)2/h3-17H,1-2H3;5-6,9-14H,7-8H2,1-4H3/b4-3-,22-17?,25-13+;. The van der Waals surface area contributed by atoms with Crippen molar-refractivity contribution in [3.63, 3.8) is 0 Å². The van der Waals surface area contributed by atoms with Crippen LogP contribution in [0.3, 0.4) is 0 Å². The smallest absolute Gasteiger partial charge is 0.164 e. The van der Waals surface area contributed by atoms with Gasteiger partial charge in [-0.05, 0) is 121 Å². The Kier molecular flexibility index (Phi) is 9.17. The lowest BCUT2D eigenvalue weighted by Gasteiger charge is -2.24. The number of benzene rings is 5. The lowest BCUT2D eigenvalue weighted by Crippen LogP contribution is -2.20. The van der Waals surface area contributed by atoms with Crippen LogP contribution in [0.5, 0.6) is 0 Å². The van der Waals surface area contributed by atoms with Gasteiger partial charge in [-0.15, -0.1) is 0 Å². The molecule has 0 aliphatic heterocycles. The molecule has 0 atom stereocenters. The zero-order valence-electron chi connectivity index (χ0n) is 33.4. The Bertz CT molecular complexity index is 3100. The molecule has 0 unspecified atom stereocenters. The van der Waals surface area contributed by atoms with Crippen LogP contribution in [0.2, 0.25) is 0 Å². The predicted molar refractivity (Wildman–Crippen MR) is 235 cm³/mol. The average molecular weight is 744 g/mol. The van der Waals surface area contributed by atoms with Crippen LogP contribution in [-0.4, -0.2) is 15.0 Å². The largest absolute Gasteiger partial charge is 0.456 e. The highest BCUT2D eigenvalue weighted by atomic mass is 16.3. The van der Waals surface area contributed by atoms with E-state index < -0.39 is 0 Å². The van der Waals surface area contributed by atoms with E-state index in [-0.39, 0.29) is 5.41 Å². The molecule has 0 bridgehead atoms. The summed E-state index contributed by atoms with van der Waals surface area (Å²) in [5, 5.41) is 4.00. The van der Waals surface area contributed by atoms with Crippen LogP contribution >= 0.6 is 0 Å². The van der Waals surface area contributed by atoms with Gasteiger partial charge in [-0.1, -0.05) is 117 Å². The first-order chi connectivity index (χ1) is 27.7. The second-order valence-corrected chi connectivity index (χ2v) is 15.5. The summed E-state index contributed by atoms with van der Waals surface area (Å²) in [7, 11) is 0. The van der Waals surface area contributed by atoms with E-state index in [4.69, 9.17) is 13.8 Å². The maximum Gasteiger partial charge on any atom is 0.164 e. The lowest BCUT2D eigenvalue weighted by molar-refractivity contribution is 0.575. The van der Waals surface area contributed by atoms with Crippen LogP contribution < -0.4 is 10.6 Å². The van der Waals surface area contributed by atoms with Crippen molar-refractivity contribution in [1.29, 1.82) is 0 Å². The van der Waals surface area contributed by atoms with Crippen LogP contribution in [0.4, 0.5) is 0 Å². The van der Waals surface area contributed by atoms with Gasteiger partial charge in [0.1, 0.15) is 28.0 Å². The Labute approximate surface area is 333 Å². The van der Waals surface area contributed by atoms with Gasteiger partial charge in [0, 0.05) is 32.4 Å². The van der Waals surface area contributed by atoms with E-state index in [0.717, 1.165) is 49.1 Å². The van der Waals surface area contributed by atoms with Crippen molar-refractivity contribution in [2.45, 2.75) is 59.8 Å². The van der Waals surface area contributed by atoms with Crippen molar-refractivity contribution >= 4 is 50.6 Å². The first kappa shape index (κ1) is 36.1. The quantitative estimate of drug-likeness (QED) is 0.180. The molecule has 3 aromatic heterocycles. The fourth-order valence-corrected chi connectivity index (χ4v) is 8.60. The molecule has 5 heteroatoms. The highest BCUT2D eigenvalue weighted by molar-refractivity contribution is 6.11. The number of furan rings is 2. The molecule has 0 N–H and O–H groups in total. The van der Waals surface area contributed by atoms with E-state index in [9.17, 15) is 0 Å². The van der Waals surface area contributed by atoms with Crippen molar-refractivity contribution in [2.24, 2.45) is 0 Å². The van der Waals surface area contributed by atoms with Crippen LogP contribution in [0.15, 0.2) is 142 Å². The molecule has 8 aromatic rings. The van der Waals surface area contributed by atoms with E-state index in [2.05, 4.69) is 92.3 Å². The summed E-state index contributed by atoms with van der Waals surface area (Å²) in [6, 6.07) is 35.6. The molecular weight excluding hydrogens is 699 g/mol. The third-order valence-corrected chi connectivity index (χ3v) is 11.4. The number of hydrogen-bond acceptors (Lipinski definition) is 5. The van der Waals surface area contributed by atoms with Crippen LogP contribution in [-0.2, 0) is 5.41 Å². The maximum absolute atomic E-state index is 6.09. The summed E-state index contributed by atoms with van der Waals surface area (Å²) < 4.78 is 12.2. The normalized spacial score (nSPS) is 15.2. The van der Waals surface area contributed by atoms with E-state index in [0.29, 0.717) is 17.5 Å². The molecule has 2 aliphatic rings. The molecule has 0 spiro atoms. The SMILES string of the molecule is C/C=C\C=c1\oc2ccccc2c1=Cc1nc(C)nc(-c2cccc3oc4ccccc4c23)n1.Cc1ccccc1-c1cc2c(cc1C)C(C)(C)C1=CCCC=C12. The van der Waals surface area contributed by atoms with Gasteiger partial charge in [0.25, 0.3) is 0 Å². The third-order valence-electron chi connectivity index (χ3n) is 11.4. The first-order valence-electron chi connectivity index (χ1n) is 19.8. The Morgan fingerprint density at radius 3 is 2.14 bits per heavy atom. The van der Waals surface area contributed by atoms with Crippen molar-refractivity contribution < 1.29 is 8.83 Å². The lowest BCUT2D eigenvalue weighted by atomic mass is 9.80. The van der Waals surface area contributed by atoms with Gasteiger partial charge >= 0.3 is 0 Å². The maximum atomic E-state index is 6.09. The first-order valence-corrected chi connectivity index (χ1v) is 19.8. The van der Waals surface area contributed by atoms with Gasteiger partial charge in [-0.2, -0.15) is 0 Å². The Balaban J connectivity index is 0.000000160. The Morgan fingerprint density at radius 1 is 0.632 bits per heavy atom. The summed E-state index contributed by atoms with van der Waals surface area (Å²) in [5.41, 5.74) is 15.7. The van der Waals surface area contributed by atoms with Gasteiger partial charge in [0.05, 0.1) is 0 Å². The van der Waals surface area contributed by atoms with Crippen LogP contribution in [0.25, 0.3) is 73.1 Å². The summed E-state index contributed by atoms with van der Waals surface area (Å²) in [4.78, 5) is 14.1. The number of aromatic nitrogens is 3. The summed E-state index contributed by atoms with van der Waals surface area (Å²) in [6.45, 7) is 13.1. The number of nitrogens with zero attached hydrogens (tertiary/aromatic N) is 3. The average Bonchev–Trinajstić information content (AvgIpc) is 3.84. The molecule has 0 fully saturated rings. The molecule has 5 nitrogen and oxygen atoms in total. The molecule has 0 saturated heterocycles. The summed E-state index contributed by atoms with van der Waals surface area (Å²) in [6.07, 6.45) is 15.1. The third kappa shape index (κ3) is 6.43. The monoisotopic (exact) mass is 743 g/mol. The molecule has 2 aliphatic carbocycles. The molecule has 280 valence electrons. The minimum Gasteiger partial charge on any atom is -0.456 e. The minimum atomic E-state index is 0.136. The fraction of sp³-hybridized carbons (Fsp3) is 0.173. The highest BCUT2D eigenvalue weighted by Crippen LogP contribution is 2.52. The fourth-order valence-electron chi connectivity index (χ4n) is 8.60. The molecule has 57 heavy (non-hydrogen) atoms. The van der Waals surface area contributed by atoms with Crippen molar-refractivity contribution in [2.75, 3.05) is 0 Å². The number of rotatable bonds is 4. The van der Waals surface area contributed by atoms with Gasteiger partial charge in [0.15, 0.2) is 11.6 Å². The second kappa shape index (κ2) is 14.5. The van der Waals surface area contributed by atoms with Crippen molar-refractivity contribution in [3.05, 3.63) is 178 Å². The molecule has 10 rings (SSSR count). The number of allylic oxidation sites excluding steroid dienone is 6. The van der Waals surface area contributed by atoms with Crippen molar-refractivity contribution in [1.82, 2.24) is 15.0 Å². The number of hydrogen-bond donors (Lipinski definition) is 0. The van der Waals surface area contributed by atoms with Crippen LogP contribution in [0, 0.1) is 20.8 Å². The Hall–Kier alpha value is -6.59. The van der Waals surface area contributed by atoms with Crippen molar-refractivity contribution in [3.8, 4) is 22.5 Å². The van der Waals surface area contributed by atoms with E-state index in [1.54, 1.807) is 0 Å². The Morgan fingerprint density at radius 2 is 1.33 bits per heavy atom. The predicted octanol–water partition coefficient (Wildman–Crippen LogP) is 12.0. The van der Waals surface area contributed by atoms with E-state index in [1.165, 1.54) is 57.4 Å². The topological polar surface area (TPSA) is 65.0 Å². The zero-order chi connectivity index (χ0) is 39.3. The van der Waals surface area contributed by atoms with Crippen LogP contribution in [0.1, 0.15) is 67.5 Å². The number of fused-ring (bicyclic) bond motifs is 7. The molecule has 5 aromatic carbocycles. The summed E-state index contributed by atoms with van der Waals surface area (Å²) in [5.74, 6) is 1.84. The molecule has 0 saturated carbocycles. The molecular formula is C52H45N3O2. The highest BCUT2D eigenvalue weighted by Gasteiger charge is 2.39. The summed E-state index contributed by atoms with van der Waals surface area (Å²) >= 11 is 0. The number of aryl methyl sites for hydroxylation is 3.